The van der Waals surface area contributed by atoms with E-state index in [9.17, 15) is 5.11 Å². The van der Waals surface area contributed by atoms with Crippen LogP contribution in [0.2, 0.25) is 0 Å². The molecule has 1 heterocycles. The van der Waals surface area contributed by atoms with Gasteiger partial charge >= 0.3 is 0 Å². The van der Waals surface area contributed by atoms with Gasteiger partial charge in [-0.15, -0.1) is 0 Å². The quantitative estimate of drug-likeness (QED) is 0.911. The van der Waals surface area contributed by atoms with E-state index in [0.29, 0.717) is 0 Å². The molecule has 0 radical (unpaired) electrons. The van der Waals surface area contributed by atoms with Crippen LogP contribution < -0.4 is 4.90 Å². The third-order valence-electron chi connectivity index (χ3n) is 3.14. The predicted octanol–water partition coefficient (Wildman–Crippen LogP) is 2.95. The molecule has 1 saturated heterocycles. The summed E-state index contributed by atoms with van der Waals surface area (Å²) in [5.41, 5.74) is 1.96. The number of hydrogen-bond acceptors (Lipinski definition) is 3. The van der Waals surface area contributed by atoms with Crippen LogP contribution in [0.1, 0.15) is 26.3 Å². The van der Waals surface area contributed by atoms with Crippen LogP contribution in [0.25, 0.3) is 0 Å². The van der Waals surface area contributed by atoms with E-state index >= 15 is 0 Å². The zero-order chi connectivity index (χ0) is 13.3. The van der Waals surface area contributed by atoms with Gasteiger partial charge in [-0.1, -0.05) is 22.0 Å². The average Bonchev–Trinajstić information content (AvgIpc) is 2.26. The Kier molecular flexibility index (Phi) is 3.99. The van der Waals surface area contributed by atoms with Crippen molar-refractivity contribution in [1.29, 1.82) is 0 Å². The number of nitrogens with zero attached hydrogens (tertiary/aromatic N) is 1. The molecule has 1 aromatic rings. The van der Waals surface area contributed by atoms with Crippen LogP contribution in [0.15, 0.2) is 22.7 Å². The molecule has 2 rings (SSSR count). The summed E-state index contributed by atoms with van der Waals surface area (Å²) in [6, 6.07) is 6.09. The lowest BCUT2D eigenvalue weighted by atomic mass is 10.0. The fourth-order valence-corrected chi connectivity index (χ4v) is 3.00. The lowest BCUT2D eigenvalue weighted by Gasteiger charge is -2.43. The highest BCUT2D eigenvalue weighted by Crippen LogP contribution is 2.29. The van der Waals surface area contributed by atoms with E-state index in [0.717, 1.165) is 23.1 Å². The summed E-state index contributed by atoms with van der Waals surface area (Å²) in [6.45, 7) is 8.17. The number of ether oxygens (including phenoxy) is 1. The fourth-order valence-electron chi connectivity index (χ4n) is 2.51. The van der Waals surface area contributed by atoms with Gasteiger partial charge < -0.3 is 14.7 Å². The maximum absolute atomic E-state index is 9.18. The van der Waals surface area contributed by atoms with E-state index < -0.39 is 0 Å². The molecule has 1 N–H and O–H groups in total. The molecule has 1 atom stereocenters. The van der Waals surface area contributed by atoms with E-state index in [1.165, 1.54) is 5.69 Å². The van der Waals surface area contributed by atoms with Gasteiger partial charge in [0, 0.05) is 23.2 Å². The Labute approximate surface area is 117 Å². The number of aliphatic hydroxyl groups is 1. The van der Waals surface area contributed by atoms with Crippen LogP contribution in [-0.4, -0.2) is 29.9 Å². The van der Waals surface area contributed by atoms with Gasteiger partial charge in [0.2, 0.25) is 0 Å². The normalized spacial score (nSPS) is 23.2. The largest absolute Gasteiger partial charge is 0.392 e. The summed E-state index contributed by atoms with van der Waals surface area (Å²) in [6.07, 6.45) is 0.227. The van der Waals surface area contributed by atoms with Crippen molar-refractivity contribution in [3.63, 3.8) is 0 Å². The zero-order valence-electron chi connectivity index (χ0n) is 11.1. The molecule has 100 valence electrons. The van der Waals surface area contributed by atoms with Crippen LogP contribution in [0.4, 0.5) is 5.69 Å². The van der Waals surface area contributed by atoms with Crippen molar-refractivity contribution in [1.82, 2.24) is 0 Å². The average molecular weight is 314 g/mol. The monoisotopic (exact) mass is 313 g/mol. The summed E-state index contributed by atoms with van der Waals surface area (Å²) in [5.74, 6) is 0. The van der Waals surface area contributed by atoms with Gasteiger partial charge in [0.15, 0.2) is 0 Å². The molecule has 4 heteroatoms. The third-order valence-corrected chi connectivity index (χ3v) is 3.88. The van der Waals surface area contributed by atoms with Crippen molar-refractivity contribution in [3.8, 4) is 0 Å². The molecule has 1 aliphatic rings. The molecule has 1 unspecified atom stereocenters. The van der Waals surface area contributed by atoms with Gasteiger partial charge in [0.05, 0.1) is 18.3 Å². The molecule has 0 saturated carbocycles. The Hall–Kier alpha value is -0.580. The first-order chi connectivity index (χ1) is 8.41. The molecule has 0 aromatic heterocycles. The van der Waals surface area contributed by atoms with E-state index in [-0.39, 0.29) is 18.3 Å². The van der Waals surface area contributed by atoms with Gasteiger partial charge in [0.1, 0.15) is 0 Å². The van der Waals surface area contributed by atoms with E-state index in [1.54, 1.807) is 0 Å². The lowest BCUT2D eigenvalue weighted by molar-refractivity contribution is -0.0749. The van der Waals surface area contributed by atoms with Crippen LogP contribution in [0, 0.1) is 0 Å². The first-order valence-corrected chi connectivity index (χ1v) is 7.02. The van der Waals surface area contributed by atoms with Gasteiger partial charge in [-0.25, -0.2) is 0 Å². The molecular weight excluding hydrogens is 294 g/mol. The minimum atomic E-state index is -0.125. The molecule has 0 bridgehead atoms. The van der Waals surface area contributed by atoms with Gasteiger partial charge in [-0.2, -0.15) is 0 Å². The number of aliphatic hydroxyl groups excluding tert-OH is 1. The topological polar surface area (TPSA) is 32.7 Å². The molecule has 0 spiro atoms. The highest BCUT2D eigenvalue weighted by Gasteiger charge is 2.31. The smallest absolute Gasteiger partial charge is 0.0805 e. The number of benzene rings is 1. The van der Waals surface area contributed by atoms with Crippen LogP contribution in [-0.2, 0) is 11.3 Å². The van der Waals surface area contributed by atoms with Crippen molar-refractivity contribution >= 4 is 21.6 Å². The minimum absolute atomic E-state index is 0.0614. The third kappa shape index (κ3) is 3.05. The molecule has 0 amide bonds. The second-order valence-corrected chi connectivity index (χ2v) is 6.36. The van der Waals surface area contributed by atoms with Crippen molar-refractivity contribution in [2.45, 2.75) is 39.1 Å². The number of rotatable bonds is 2. The predicted molar refractivity (Wildman–Crippen MR) is 76.9 cm³/mol. The number of hydrogen-bond donors (Lipinski definition) is 1. The zero-order valence-corrected chi connectivity index (χ0v) is 12.7. The summed E-state index contributed by atoms with van der Waals surface area (Å²) in [4.78, 5) is 2.33. The Morgan fingerprint density at radius 2 is 2.22 bits per heavy atom. The standard InChI is InChI=1S/C14H20BrNO2/c1-10-7-16(9-14(2,3)18-10)12-5-4-11(8-17)13(15)6-12/h4-6,10,17H,7-9H2,1-3H3. The molecule has 18 heavy (non-hydrogen) atoms. The molecule has 1 fully saturated rings. The van der Waals surface area contributed by atoms with Crippen LogP contribution >= 0.6 is 15.9 Å². The highest BCUT2D eigenvalue weighted by molar-refractivity contribution is 9.10. The number of morpholine rings is 1. The second-order valence-electron chi connectivity index (χ2n) is 5.50. The van der Waals surface area contributed by atoms with Gasteiger partial charge in [0.25, 0.3) is 0 Å². The number of anilines is 1. The van der Waals surface area contributed by atoms with Crippen LogP contribution in [0.5, 0.6) is 0 Å². The Balaban J connectivity index is 2.23. The SMILES string of the molecule is CC1CN(c2ccc(CO)c(Br)c2)CC(C)(C)O1. The summed E-state index contributed by atoms with van der Waals surface area (Å²) >= 11 is 3.50. The van der Waals surface area contributed by atoms with Crippen molar-refractivity contribution in [3.05, 3.63) is 28.2 Å². The highest BCUT2D eigenvalue weighted by atomic mass is 79.9. The van der Waals surface area contributed by atoms with Crippen molar-refractivity contribution in [2.24, 2.45) is 0 Å². The minimum Gasteiger partial charge on any atom is -0.392 e. The maximum atomic E-state index is 9.18. The molecule has 1 aromatic carbocycles. The first-order valence-electron chi connectivity index (χ1n) is 6.23. The Morgan fingerprint density at radius 1 is 1.50 bits per heavy atom. The van der Waals surface area contributed by atoms with Crippen molar-refractivity contribution < 1.29 is 9.84 Å². The number of halogens is 1. The Bertz CT molecular complexity index is 434. The van der Waals surface area contributed by atoms with E-state index in [4.69, 9.17) is 4.74 Å². The fraction of sp³-hybridized carbons (Fsp3) is 0.571. The van der Waals surface area contributed by atoms with E-state index in [2.05, 4.69) is 53.7 Å². The summed E-state index contributed by atoms with van der Waals surface area (Å²) in [7, 11) is 0. The maximum Gasteiger partial charge on any atom is 0.0805 e. The van der Waals surface area contributed by atoms with Gasteiger partial charge in [-0.3, -0.25) is 0 Å². The lowest BCUT2D eigenvalue weighted by Crippen LogP contribution is -2.52. The van der Waals surface area contributed by atoms with E-state index in [1.807, 2.05) is 6.07 Å². The molecule has 3 nitrogen and oxygen atoms in total. The first kappa shape index (κ1) is 13.8. The second kappa shape index (κ2) is 5.19. The summed E-state index contributed by atoms with van der Waals surface area (Å²) < 4.78 is 6.86. The van der Waals surface area contributed by atoms with Gasteiger partial charge in [-0.05, 0) is 38.5 Å². The van der Waals surface area contributed by atoms with Crippen LogP contribution in [0.3, 0.4) is 0 Å². The molecule has 1 aliphatic heterocycles. The molecular formula is C14H20BrNO2. The van der Waals surface area contributed by atoms with Crippen molar-refractivity contribution in [2.75, 3.05) is 18.0 Å². The summed E-state index contributed by atoms with van der Waals surface area (Å²) in [5, 5.41) is 9.18. The molecule has 0 aliphatic carbocycles. The Morgan fingerprint density at radius 3 is 2.78 bits per heavy atom.